The molecule has 0 spiro atoms. The van der Waals surface area contributed by atoms with Gasteiger partial charge in [-0.1, -0.05) is 6.07 Å². The van der Waals surface area contributed by atoms with Crippen LogP contribution in [0.2, 0.25) is 0 Å². The molecule has 0 saturated carbocycles. The Bertz CT molecular complexity index is 628. The molecule has 0 aromatic carbocycles. The van der Waals surface area contributed by atoms with Gasteiger partial charge in [-0.15, -0.1) is 11.3 Å². The Hall–Kier alpha value is -1.93. The first-order valence-corrected chi connectivity index (χ1v) is 9.99. The number of ether oxygens (including phenoxy) is 1. The summed E-state index contributed by atoms with van der Waals surface area (Å²) in [5.74, 6) is -0.133. The van der Waals surface area contributed by atoms with E-state index < -0.39 is 0 Å². The van der Waals surface area contributed by atoms with Crippen molar-refractivity contribution in [1.29, 1.82) is 0 Å². The number of hydrogen-bond acceptors (Lipinski definition) is 5. The molecular weight excluding hydrogens is 354 g/mol. The third-order valence-corrected chi connectivity index (χ3v) is 5.68. The number of amides is 3. The Morgan fingerprint density at radius 3 is 2.73 bits per heavy atom. The predicted molar refractivity (Wildman–Crippen MR) is 98.0 cm³/mol. The zero-order chi connectivity index (χ0) is 18.4. The van der Waals surface area contributed by atoms with Gasteiger partial charge >= 0.3 is 0 Å². The highest BCUT2D eigenvalue weighted by Crippen LogP contribution is 2.20. The molecular formula is C18H25N3O4S. The Balaban J connectivity index is 1.43. The van der Waals surface area contributed by atoms with Crippen LogP contribution in [0.15, 0.2) is 17.5 Å². The topological polar surface area (TPSA) is 79.0 Å². The van der Waals surface area contributed by atoms with E-state index in [4.69, 9.17) is 4.74 Å². The van der Waals surface area contributed by atoms with Crippen LogP contribution in [0.5, 0.6) is 0 Å². The molecule has 1 aromatic heterocycles. The Morgan fingerprint density at radius 2 is 2.00 bits per heavy atom. The molecule has 2 aliphatic heterocycles. The minimum Gasteiger partial charge on any atom is -0.378 e. The summed E-state index contributed by atoms with van der Waals surface area (Å²) in [6.45, 7) is 3.93. The van der Waals surface area contributed by atoms with E-state index in [0.29, 0.717) is 50.8 Å². The van der Waals surface area contributed by atoms with Gasteiger partial charge in [0.25, 0.3) is 5.91 Å². The van der Waals surface area contributed by atoms with E-state index in [1.807, 2.05) is 16.3 Å². The molecule has 2 fully saturated rings. The van der Waals surface area contributed by atoms with Gasteiger partial charge in [-0.05, 0) is 24.3 Å². The molecule has 1 unspecified atom stereocenters. The molecule has 0 aliphatic carbocycles. The Labute approximate surface area is 157 Å². The van der Waals surface area contributed by atoms with Crippen molar-refractivity contribution in [2.24, 2.45) is 5.92 Å². The fourth-order valence-electron chi connectivity index (χ4n) is 3.38. The van der Waals surface area contributed by atoms with Gasteiger partial charge in [-0.2, -0.15) is 0 Å². The average molecular weight is 379 g/mol. The molecule has 1 aromatic rings. The molecule has 7 nitrogen and oxygen atoms in total. The van der Waals surface area contributed by atoms with Crippen LogP contribution in [0, 0.1) is 5.92 Å². The molecule has 2 aliphatic rings. The number of piperidine rings is 1. The van der Waals surface area contributed by atoms with E-state index >= 15 is 0 Å². The number of morpholine rings is 1. The summed E-state index contributed by atoms with van der Waals surface area (Å²) in [6.07, 6.45) is 1.93. The highest BCUT2D eigenvalue weighted by molar-refractivity contribution is 7.12. The summed E-state index contributed by atoms with van der Waals surface area (Å²) >= 11 is 1.38. The van der Waals surface area contributed by atoms with Gasteiger partial charge in [0.2, 0.25) is 11.8 Å². The number of nitrogens with one attached hydrogen (secondary N) is 1. The highest BCUT2D eigenvalue weighted by Gasteiger charge is 2.31. The summed E-state index contributed by atoms with van der Waals surface area (Å²) in [7, 11) is 0. The summed E-state index contributed by atoms with van der Waals surface area (Å²) in [5.41, 5.74) is 0. The van der Waals surface area contributed by atoms with Crippen molar-refractivity contribution < 1.29 is 19.1 Å². The molecule has 3 amide bonds. The molecule has 0 radical (unpaired) electrons. The standard InChI is InChI=1S/C18H25N3O4S/c22-16(5-6-19-17(23)15-4-2-12-26-15)21-7-1-3-14(13-21)18(24)20-8-10-25-11-9-20/h2,4,12,14H,1,3,5-11,13H2,(H,19,23). The number of carbonyl (C=O) groups is 3. The van der Waals surface area contributed by atoms with Crippen LogP contribution in [-0.4, -0.2) is 73.5 Å². The summed E-state index contributed by atoms with van der Waals surface area (Å²) < 4.78 is 5.29. The Kier molecular flexibility index (Phi) is 6.62. The number of hydrogen-bond donors (Lipinski definition) is 1. The molecule has 8 heteroatoms. The zero-order valence-electron chi connectivity index (χ0n) is 14.8. The maximum Gasteiger partial charge on any atom is 0.261 e. The van der Waals surface area contributed by atoms with Crippen LogP contribution in [0.4, 0.5) is 0 Å². The lowest BCUT2D eigenvalue weighted by Crippen LogP contribution is -2.49. The van der Waals surface area contributed by atoms with E-state index in [2.05, 4.69) is 5.32 Å². The van der Waals surface area contributed by atoms with Gasteiger partial charge in [0.05, 0.1) is 24.0 Å². The summed E-state index contributed by atoms with van der Waals surface area (Å²) in [5, 5.41) is 4.62. The largest absolute Gasteiger partial charge is 0.378 e. The number of likely N-dealkylation sites (tertiary alicyclic amines) is 1. The van der Waals surface area contributed by atoms with Gasteiger partial charge in [0, 0.05) is 39.1 Å². The van der Waals surface area contributed by atoms with Crippen LogP contribution >= 0.6 is 11.3 Å². The van der Waals surface area contributed by atoms with Gasteiger partial charge < -0.3 is 19.9 Å². The number of carbonyl (C=O) groups excluding carboxylic acids is 3. The molecule has 0 bridgehead atoms. The van der Waals surface area contributed by atoms with E-state index in [1.165, 1.54) is 11.3 Å². The van der Waals surface area contributed by atoms with Crippen molar-refractivity contribution in [2.75, 3.05) is 45.9 Å². The van der Waals surface area contributed by atoms with Crippen molar-refractivity contribution in [3.05, 3.63) is 22.4 Å². The van der Waals surface area contributed by atoms with Crippen molar-refractivity contribution in [2.45, 2.75) is 19.3 Å². The summed E-state index contributed by atoms with van der Waals surface area (Å²) in [4.78, 5) is 41.2. The maximum absolute atomic E-state index is 12.6. The highest BCUT2D eigenvalue weighted by atomic mass is 32.1. The quantitative estimate of drug-likeness (QED) is 0.827. The van der Waals surface area contributed by atoms with Crippen molar-refractivity contribution in [1.82, 2.24) is 15.1 Å². The van der Waals surface area contributed by atoms with Gasteiger partial charge in [-0.3, -0.25) is 14.4 Å². The normalized spacial score (nSPS) is 20.7. The van der Waals surface area contributed by atoms with Crippen LogP contribution in [0.1, 0.15) is 28.9 Å². The Morgan fingerprint density at radius 1 is 1.19 bits per heavy atom. The number of nitrogens with zero attached hydrogens (tertiary/aromatic N) is 2. The van der Waals surface area contributed by atoms with Crippen LogP contribution in [0.3, 0.4) is 0 Å². The van der Waals surface area contributed by atoms with E-state index in [-0.39, 0.29) is 30.1 Å². The molecule has 1 N–H and O–H groups in total. The van der Waals surface area contributed by atoms with Crippen LogP contribution in [0.25, 0.3) is 0 Å². The predicted octanol–water partition coefficient (Wildman–Crippen LogP) is 0.965. The number of thiophene rings is 1. The SMILES string of the molecule is O=C(NCCC(=O)N1CCCC(C(=O)N2CCOCC2)C1)c1cccs1. The molecule has 26 heavy (non-hydrogen) atoms. The first-order valence-electron chi connectivity index (χ1n) is 9.11. The maximum atomic E-state index is 12.6. The van der Waals surface area contributed by atoms with Crippen molar-refractivity contribution >= 4 is 29.1 Å². The molecule has 3 heterocycles. The third kappa shape index (κ3) is 4.82. The smallest absolute Gasteiger partial charge is 0.261 e. The van der Waals surface area contributed by atoms with Crippen LogP contribution in [-0.2, 0) is 14.3 Å². The van der Waals surface area contributed by atoms with Crippen molar-refractivity contribution in [3.63, 3.8) is 0 Å². The summed E-state index contributed by atoms with van der Waals surface area (Å²) in [6, 6.07) is 3.58. The minimum absolute atomic E-state index is 0.00374. The van der Waals surface area contributed by atoms with Crippen molar-refractivity contribution in [3.8, 4) is 0 Å². The second kappa shape index (κ2) is 9.14. The molecule has 2 saturated heterocycles. The lowest BCUT2D eigenvalue weighted by molar-refractivity contribution is -0.143. The van der Waals surface area contributed by atoms with E-state index in [0.717, 1.165) is 12.8 Å². The third-order valence-electron chi connectivity index (χ3n) is 4.82. The lowest BCUT2D eigenvalue weighted by atomic mass is 9.96. The second-order valence-corrected chi connectivity index (χ2v) is 7.55. The van der Waals surface area contributed by atoms with Crippen LogP contribution < -0.4 is 5.32 Å². The average Bonchev–Trinajstić information content (AvgIpc) is 3.23. The van der Waals surface area contributed by atoms with Gasteiger partial charge in [0.1, 0.15) is 0 Å². The lowest BCUT2D eigenvalue weighted by Gasteiger charge is -2.36. The monoisotopic (exact) mass is 379 g/mol. The first-order chi connectivity index (χ1) is 12.6. The fraction of sp³-hybridized carbons (Fsp3) is 0.611. The van der Waals surface area contributed by atoms with E-state index in [9.17, 15) is 14.4 Å². The molecule has 3 rings (SSSR count). The molecule has 142 valence electrons. The zero-order valence-corrected chi connectivity index (χ0v) is 15.6. The first kappa shape index (κ1) is 18.8. The van der Waals surface area contributed by atoms with Gasteiger partial charge in [-0.25, -0.2) is 0 Å². The second-order valence-electron chi connectivity index (χ2n) is 6.60. The minimum atomic E-state index is -0.146. The number of rotatable bonds is 5. The fourth-order valence-corrected chi connectivity index (χ4v) is 4.02. The van der Waals surface area contributed by atoms with E-state index in [1.54, 1.807) is 11.0 Å². The van der Waals surface area contributed by atoms with Gasteiger partial charge in [0.15, 0.2) is 0 Å². The molecule has 1 atom stereocenters.